The zero-order valence-corrected chi connectivity index (χ0v) is 8.55. The average Bonchev–Trinajstić information content (AvgIpc) is 2.17. The van der Waals surface area contributed by atoms with Crippen molar-refractivity contribution < 1.29 is 0 Å². The number of aryl methyl sites for hydroxylation is 2. The van der Waals surface area contributed by atoms with E-state index in [9.17, 15) is 0 Å². The molecule has 0 bridgehead atoms. The van der Waals surface area contributed by atoms with E-state index in [1.54, 1.807) is 0 Å². The van der Waals surface area contributed by atoms with Crippen LogP contribution in [0, 0.1) is 6.92 Å². The summed E-state index contributed by atoms with van der Waals surface area (Å²) in [7, 11) is 0. The first-order chi connectivity index (χ1) is 6.36. The molecule has 0 N–H and O–H groups in total. The third-order valence-corrected chi connectivity index (χ3v) is 2.28. The quantitative estimate of drug-likeness (QED) is 0.638. The zero-order chi connectivity index (χ0) is 9.52. The summed E-state index contributed by atoms with van der Waals surface area (Å²) in [6.45, 7) is 6.07. The second-order valence-electron chi connectivity index (χ2n) is 3.52. The molecule has 0 aliphatic carbocycles. The number of unbranched alkanes of at least 4 members (excludes halogenated alkanes) is 1. The summed E-state index contributed by atoms with van der Waals surface area (Å²) < 4.78 is 0. The van der Waals surface area contributed by atoms with E-state index in [0.717, 1.165) is 6.42 Å². The van der Waals surface area contributed by atoms with Crippen molar-refractivity contribution in [3.05, 3.63) is 42.3 Å². The van der Waals surface area contributed by atoms with Crippen LogP contribution < -0.4 is 0 Å². The van der Waals surface area contributed by atoms with E-state index in [1.165, 1.54) is 36.8 Å². The van der Waals surface area contributed by atoms with Crippen molar-refractivity contribution in [1.29, 1.82) is 0 Å². The number of benzene rings is 1. The minimum Gasteiger partial charge on any atom is -0.0651 e. The third kappa shape index (κ3) is 3.63. The fraction of sp³-hybridized carbons (Fsp3) is 0.462. The van der Waals surface area contributed by atoms with Crippen LogP contribution in [0.2, 0.25) is 0 Å². The molecule has 13 heavy (non-hydrogen) atoms. The van der Waals surface area contributed by atoms with Gasteiger partial charge in [-0.05, 0) is 30.4 Å². The van der Waals surface area contributed by atoms with Gasteiger partial charge in [0.25, 0.3) is 0 Å². The lowest BCUT2D eigenvalue weighted by Gasteiger charge is -2.02. The molecule has 0 saturated heterocycles. The highest BCUT2D eigenvalue weighted by Gasteiger charge is 1.93. The Balaban J connectivity index is 2.48. The van der Waals surface area contributed by atoms with Gasteiger partial charge in [-0.1, -0.05) is 51.0 Å². The second-order valence-corrected chi connectivity index (χ2v) is 3.52. The van der Waals surface area contributed by atoms with Crippen molar-refractivity contribution in [1.82, 2.24) is 0 Å². The first-order valence-corrected chi connectivity index (χ1v) is 5.24. The molecule has 71 valence electrons. The summed E-state index contributed by atoms with van der Waals surface area (Å²) in [5.41, 5.74) is 2.91. The van der Waals surface area contributed by atoms with Crippen LogP contribution in [0.15, 0.2) is 24.3 Å². The highest BCUT2D eigenvalue weighted by molar-refractivity contribution is 5.22. The van der Waals surface area contributed by atoms with Crippen LogP contribution in [0.25, 0.3) is 0 Å². The van der Waals surface area contributed by atoms with E-state index in [1.807, 2.05) is 0 Å². The fourth-order valence-corrected chi connectivity index (χ4v) is 1.49. The minimum atomic E-state index is 1.04. The Hall–Kier alpha value is -0.780. The van der Waals surface area contributed by atoms with Gasteiger partial charge in [0.2, 0.25) is 0 Å². The SMILES string of the molecule is [CH2]CCCc1ccc(CCC)cc1. The number of rotatable bonds is 5. The highest BCUT2D eigenvalue weighted by atomic mass is 14.0. The van der Waals surface area contributed by atoms with Gasteiger partial charge in [0.1, 0.15) is 0 Å². The molecule has 0 saturated carbocycles. The summed E-state index contributed by atoms with van der Waals surface area (Å²) in [6, 6.07) is 9.01. The summed E-state index contributed by atoms with van der Waals surface area (Å²) in [5.74, 6) is 0. The lowest BCUT2D eigenvalue weighted by atomic mass is 10.0. The van der Waals surface area contributed by atoms with Gasteiger partial charge in [-0.2, -0.15) is 0 Å². The topological polar surface area (TPSA) is 0 Å². The maximum atomic E-state index is 3.85. The molecule has 0 heteroatoms. The molecule has 1 rings (SSSR count). The van der Waals surface area contributed by atoms with Crippen LogP contribution in [-0.2, 0) is 12.8 Å². The molecule has 0 heterocycles. The Morgan fingerprint density at radius 2 is 1.54 bits per heavy atom. The predicted octanol–water partition coefficient (Wildman–Crippen LogP) is 3.80. The van der Waals surface area contributed by atoms with Crippen molar-refractivity contribution in [2.45, 2.75) is 39.0 Å². The smallest absolute Gasteiger partial charge is 0.0279 e. The van der Waals surface area contributed by atoms with E-state index >= 15 is 0 Å². The Labute approximate surface area is 82.0 Å². The number of hydrogen-bond acceptors (Lipinski definition) is 0. The van der Waals surface area contributed by atoms with Gasteiger partial charge >= 0.3 is 0 Å². The maximum Gasteiger partial charge on any atom is -0.0279 e. The molecule has 0 amide bonds. The van der Waals surface area contributed by atoms with Crippen molar-refractivity contribution in [2.75, 3.05) is 0 Å². The normalized spacial score (nSPS) is 10.3. The summed E-state index contributed by atoms with van der Waals surface area (Å²) in [4.78, 5) is 0. The predicted molar refractivity (Wildman–Crippen MR) is 58.7 cm³/mol. The molecule has 1 radical (unpaired) electrons. The Bertz CT molecular complexity index is 220. The lowest BCUT2D eigenvalue weighted by molar-refractivity contribution is 0.838. The van der Waals surface area contributed by atoms with Gasteiger partial charge in [-0.3, -0.25) is 0 Å². The van der Waals surface area contributed by atoms with Crippen molar-refractivity contribution in [3.8, 4) is 0 Å². The molecule has 1 aromatic carbocycles. The lowest BCUT2D eigenvalue weighted by Crippen LogP contribution is -1.87. The van der Waals surface area contributed by atoms with E-state index in [4.69, 9.17) is 0 Å². The molecule has 0 unspecified atom stereocenters. The molecular weight excluding hydrogens is 156 g/mol. The average molecular weight is 175 g/mol. The van der Waals surface area contributed by atoms with Gasteiger partial charge in [-0.15, -0.1) is 0 Å². The Morgan fingerprint density at radius 3 is 2.00 bits per heavy atom. The van der Waals surface area contributed by atoms with Crippen molar-refractivity contribution in [2.24, 2.45) is 0 Å². The van der Waals surface area contributed by atoms with Crippen LogP contribution in [0.3, 0.4) is 0 Å². The first-order valence-electron chi connectivity index (χ1n) is 5.24. The van der Waals surface area contributed by atoms with E-state index in [0.29, 0.717) is 0 Å². The van der Waals surface area contributed by atoms with Gasteiger partial charge in [0, 0.05) is 0 Å². The van der Waals surface area contributed by atoms with Crippen LogP contribution in [0.4, 0.5) is 0 Å². The standard InChI is InChI=1S/C13H19/c1-3-5-7-13-10-8-12(6-4-2)9-11-13/h8-11H,1,3-7H2,2H3. The molecule has 1 aromatic rings. The summed E-state index contributed by atoms with van der Waals surface area (Å²) in [5, 5.41) is 0. The van der Waals surface area contributed by atoms with Gasteiger partial charge in [0.05, 0.1) is 0 Å². The van der Waals surface area contributed by atoms with Crippen LogP contribution in [-0.4, -0.2) is 0 Å². The third-order valence-electron chi connectivity index (χ3n) is 2.28. The highest BCUT2D eigenvalue weighted by Crippen LogP contribution is 2.09. The molecule has 0 fully saturated rings. The molecule has 0 atom stereocenters. The molecule has 0 spiro atoms. The van der Waals surface area contributed by atoms with Crippen molar-refractivity contribution in [3.63, 3.8) is 0 Å². The van der Waals surface area contributed by atoms with Crippen molar-refractivity contribution >= 4 is 0 Å². The molecular formula is C13H19. The molecule has 0 aliphatic heterocycles. The zero-order valence-electron chi connectivity index (χ0n) is 8.55. The van der Waals surface area contributed by atoms with E-state index in [2.05, 4.69) is 38.1 Å². The van der Waals surface area contributed by atoms with Crippen LogP contribution in [0.5, 0.6) is 0 Å². The van der Waals surface area contributed by atoms with E-state index < -0.39 is 0 Å². The maximum absolute atomic E-state index is 3.85. The minimum absolute atomic E-state index is 1.04. The molecule has 0 aromatic heterocycles. The Kier molecular flexibility index (Phi) is 4.59. The van der Waals surface area contributed by atoms with E-state index in [-0.39, 0.29) is 0 Å². The van der Waals surface area contributed by atoms with Gasteiger partial charge in [0.15, 0.2) is 0 Å². The number of hydrogen-bond donors (Lipinski definition) is 0. The van der Waals surface area contributed by atoms with Gasteiger partial charge < -0.3 is 0 Å². The summed E-state index contributed by atoms with van der Waals surface area (Å²) >= 11 is 0. The first kappa shape index (κ1) is 10.3. The second kappa shape index (κ2) is 5.80. The monoisotopic (exact) mass is 175 g/mol. The fourth-order valence-electron chi connectivity index (χ4n) is 1.49. The largest absolute Gasteiger partial charge is 0.0651 e. The summed E-state index contributed by atoms with van der Waals surface area (Å²) in [6.07, 6.45) is 5.85. The van der Waals surface area contributed by atoms with Crippen LogP contribution >= 0.6 is 0 Å². The van der Waals surface area contributed by atoms with Gasteiger partial charge in [-0.25, -0.2) is 0 Å². The van der Waals surface area contributed by atoms with Crippen LogP contribution in [0.1, 0.15) is 37.3 Å². The molecule has 0 nitrogen and oxygen atoms in total. The Morgan fingerprint density at radius 1 is 1.00 bits per heavy atom. The molecule has 0 aliphatic rings.